The Morgan fingerprint density at radius 1 is 1.32 bits per heavy atom. The van der Waals surface area contributed by atoms with Crippen LogP contribution in [0.15, 0.2) is 30.3 Å². The van der Waals surface area contributed by atoms with E-state index < -0.39 is 11.9 Å². The molecule has 1 aromatic rings. The maximum atomic E-state index is 12.5. The third kappa shape index (κ3) is 3.01. The largest absolute Gasteiger partial charge is 0.465 e. The molecule has 4 nitrogen and oxygen atoms in total. The number of likely N-dealkylation sites (N-methyl/N-ethyl adjacent to an activating group) is 1. The number of ether oxygens (including phenoxy) is 1. The molecule has 0 amide bonds. The fourth-order valence-electron chi connectivity index (χ4n) is 2.51. The van der Waals surface area contributed by atoms with Gasteiger partial charge in [0, 0.05) is 13.1 Å². The lowest BCUT2D eigenvalue weighted by Gasteiger charge is -2.33. The summed E-state index contributed by atoms with van der Waals surface area (Å²) in [6, 6.07) is 9.62. The standard InChI is InChI=1S/C15H19NO3/c1-3-19-15(18)13-10-16(2)9-12(14(13)17)11-7-5-4-6-8-11/h4-8,12-13H,3,9-10H2,1-2H3/t12-,13+/m1/s1. The van der Waals surface area contributed by atoms with E-state index in [0.29, 0.717) is 19.7 Å². The van der Waals surface area contributed by atoms with E-state index in [0.717, 1.165) is 5.56 Å². The lowest BCUT2D eigenvalue weighted by molar-refractivity contribution is -0.154. The first-order chi connectivity index (χ1) is 9.13. The number of benzene rings is 1. The minimum Gasteiger partial charge on any atom is -0.465 e. The van der Waals surface area contributed by atoms with Gasteiger partial charge in [0.2, 0.25) is 0 Å². The number of hydrogen-bond acceptors (Lipinski definition) is 4. The van der Waals surface area contributed by atoms with Crippen molar-refractivity contribution in [1.29, 1.82) is 0 Å². The number of carbonyl (C=O) groups excluding carboxylic acids is 2. The quantitative estimate of drug-likeness (QED) is 0.610. The van der Waals surface area contributed by atoms with Crippen LogP contribution in [0.2, 0.25) is 0 Å². The minimum absolute atomic E-state index is 0.0252. The van der Waals surface area contributed by atoms with Gasteiger partial charge in [-0.15, -0.1) is 0 Å². The van der Waals surface area contributed by atoms with Crippen molar-refractivity contribution < 1.29 is 14.3 Å². The summed E-state index contributed by atoms with van der Waals surface area (Å²) in [5, 5.41) is 0. The number of carbonyl (C=O) groups is 2. The Labute approximate surface area is 113 Å². The Kier molecular flexibility index (Phi) is 4.32. The summed E-state index contributed by atoms with van der Waals surface area (Å²) in [7, 11) is 1.93. The second kappa shape index (κ2) is 5.97. The fourth-order valence-corrected chi connectivity index (χ4v) is 2.51. The number of likely N-dealkylation sites (tertiary alicyclic amines) is 1. The highest BCUT2D eigenvalue weighted by molar-refractivity contribution is 6.03. The van der Waals surface area contributed by atoms with Gasteiger partial charge in [0.25, 0.3) is 0 Å². The topological polar surface area (TPSA) is 46.6 Å². The lowest BCUT2D eigenvalue weighted by atomic mass is 9.83. The first-order valence-corrected chi connectivity index (χ1v) is 6.57. The second-order valence-corrected chi connectivity index (χ2v) is 4.89. The van der Waals surface area contributed by atoms with Crippen LogP contribution in [0, 0.1) is 5.92 Å². The molecule has 2 rings (SSSR count). The zero-order valence-electron chi connectivity index (χ0n) is 11.3. The van der Waals surface area contributed by atoms with Gasteiger partial charge in [-0.2, -0.15) is 0 Å². The normalized spacial score (nSPS) is 24.2. The summed E-state index contributed by atoms with van der Waals surface area (Å²) in [5.41, 5.74) is 0.966. The number of piperidine rings is 1. The van der Waals surface area contributed by atoms with Crippen LogP contribution >= 0.6 is 0 Å². The van der Waals surface area contributed by atoms with Crippen LogP contribution in [0.25, 0.3) is 0 Å². The average Bonchev–Trinajstić information content (AvgIpc) is 2.42. The predicted molar refractivity (Wildman–Crippen MR) is 71.8 cm³/mol. The summed E-state index contributed by atoms with van der Waals surface area (Å²) in [6.45, 7) is 3.16. The molecule has 0 spiro atoms. The van der Waals surface area contributed by atoms with Crippen LogP contribution in [-0.2, 0) is 14.3 Å². The van der Waals surface area contributed by atoms with Gasteiger partial charge in [-0.05, 0) is 19.5 Å². The first kappa shape index (κ1) is 13.7. The van der Waals surface area contributed by atoms with Gasteiger partial charge in [0.1, 0.15) is 5.92 Å². The SMILES string of the molecule is CCOC(=O)[C@H]1CN(C)C[C@H](c2ccccc2)C1=O. The van der Waals surface area contributed by atoms with Crippen LogP contribution < -0.4 is 0 Å². The Morgan fingerprint density at radius 3 is 2.63 bits per heavy atom. The Bertz CT molecular complexity index is 458. The molecular weight excluding hydrogens is 242 g/mol. The number of rotatable bonds is 3. The molecule has 0 aliphatic carbocycles. The van der Waals surface area contributed by atoms with E-state index in [1.807, 2.05) is 42.3 Å². The van der Waals surface area contributed by atoms with Crippen molar-refractivity contribution in [1.82, 2.24) is 4.90 Å². The highest BCUT2D eigenvalue weighted by Gasteiger charge is 2.39. The van der Waals surface area contributed by atoms with Crippen molar-refractivity contribution in [3.8, 4) is 0 Å². The number of hydrogen-bond donors (Lipinski definition) is 0. The molecule has 1 saturated heterocycles. The predicted octanol–water partition coefficient (Wildman–Crippen LogP) is 1.46. The van der Waals surface area contributed by atoms with E-state index >= 15 is 0 Å². The number of Topliss-reactive ketones (excluding diaryl/α,β-unsaturated/α-hetero) is 1. The van der Waals surface area contributed by atoms with E-state index in [2.05, 4.69) is 0 Å². The van der Waals surface area contributed by atoms with E-state index in [-0.39, 0.29) is 11.7 Å². The maximum absolute atomic E-state index is 12.5. The van der Waals surface area contributed by atoms with Crippen LogP contribution in [0.3, 0.4) is 0 Å². The Balaban J connectivity index is 2.21. The summed E-state index contributed by atoms with van der Waals surface area (Å²) in [6.07, 6.45) is 0. The molecule has 1 heterocycles. The van der Waals surface area contributed by atoms with Crippen LogP contribution in [0.1, 0.15) is 18.4 Å². The van der Waals surface area contributed by atoms with Crippen molar-refractivity contribution >= 4 is 11.8 Å². The highest BCUT2D eigenvalue weighted by Crippen LogP contribution is 2.27. The van der Waals surface area contributed by atoms with Gasteiger partial charge in [0.15, 0.2) is 5.78 Å². The number of ketones is 1. The minimum atomic E-state index is -0.663. The van der Waals surface area contributed by atoms with Gasteiger partial charge in [0.05, 0.1) is 12.5 Å². The maximum Gasteiger partial charge on any atom is 0.317 e. The monoisotopic (exact) mass is 261 g/mol. The average molecular weight is 261 g/mol. The first-order valence-electron chi connectivity index (χ1n) is 6.57. The molecule has 0 N–H and O–H groups in total. The summed E-state index contributed by atoms with van der Waals surface area (Å²) >= 11 is 0. The van der Waals surface area contributed by atoms with Gasteiger partial charge in [-0.3, -0.25) is 9.59 Å². The zero-order valence-corrected chi connectivity index (χ0v) is 11.3. The molecule has 1 aromatic carbocycles. The van der Waals surface area contributed by atoms with Crippen LogP contribution in [0.5, 0.6) is 0 Å². The van der Waals surface area contributed by atoms with Crippen molar-refractivity contribution in [3.05, 3.63) is 35.9 Å². The molecule has 0 bridgehead atoms. The molecule has 4 heteroatoms. The lowest BCUT2D eigenvalue weighted by Crippen LogP contribution is -2.47. The second-order valence-electron chi connectivity index (χ2n) is 4.89. The molecule has 2 atom stereocenters. The fraction of sp³-hybridized carbons (Fsp3) is 0.467. The summed E-state index contributed by atoms with van der Waals surface area (Å²) < 4.78 is 5.00. The molecule has 102 valence electrons. The smallest absolute Gasteiger partial charge is 0.317 e. The van der Waals surface area contributed by atoms with E-state index in [9.17, 15) is 9.59 Å². The summed E-state index contributed by atoms with van der Waals surface area (Å²) in [4.78, 5) is 26.3. The zero-order chi connectivity index (χ0) is 13.8. The molecule has 0 unspecified atom stereocenters. The van der Waals surface area contributed by atoms with Gasteiger partial charge >= 0.3 is 5.97 Å². The van der Waals surface area contributed by atoms with Crippen LogP contribution in [0.4, 0.5) is 0 Å². The summed E-state index contributed by atoms with van der Waals surface area (Å²) in [5.74, 6) is -1.33. The molecule has 1 aliphatic heterocycles. The highest BCUT2D eigenvalue weighted by atomic mass is 16.5. The molecular formula is C15H19NO3. The van der Waals surface area contributed by atoms with E-state index in [4.69, 9.17) is 4.74 Å². The molecule has 0 saturated carbocycles. The van der Waals surface area contributed by atoms with E-state index in [1.54, 1.807) is 6.92 Å². The molecule has 19 heavy (non-hydrogen) atoms. The molecule has 1 fully saturated rings. The van der Waals surface area contributed by atoms with E-state index in [1.165, 1.54) is 0 Å². The molecule has 0 radical (unpaired) electrons. The third-order valence-corrected chi connectivity index (χ3v) is 3.45. The van der Waals surface area contributed by atoms with Crippen molar-refractivity contribution in [2.75, 3.05) is 26.7 Å². The Morgan fingerprint density at radius 2 is 2.00 bits per heavy atom. The third-order valence-electron chi connectivity index (χ3n) is 3.45. The van der Waals surface area contributed by atoms with Gasteiger partial charge in [-0.1, -0.05) is 30.3 Å². The van der Waals surface area contributed by atoms with Crippen LogP contribution in [-0.4, -0.2) is 43.4 Å². The van der Waals surface area contributed by atoms with Crippen molar-refractivity contribution in [2.24, 2.45) is 5.92 Å². The van der Waals surface area contributed by atoms with Crippen molar-refractivity contribution in [3.63, 3.8) is 0 Å². The number of nitrogens with zero attached hydrogens (tertiary/aromatic N) is 1. The Hall–Kier alpha value is -1.68. The number of esters is 1. The van der Waals surface area contributed by atoms with Crippen molar-refractivity contribution in [2.45, 2.75) is 12.8 Å². The van der Waals surface area contributed by atoms with Gasteiger partial charge < -0.3 is 9.64 Å². The molecule has 0 aromatic heterocycles. The molecule has 1 aliphatic rings. The van der Waals surface area contributed by atoms with Gasteiger partial charge in [-0.25, -0.2) is 0 Å².